The summed E-state index contributed by atoms with van der Waals surface area (Å²) in [5.41, 5.74) is 4.70. The molecule has 1 N–H and O–H groups in total. The Morgan fingerprint density at radius 2 is 1.63 bits per heavy atom. The minimum absolute atomic E-state index is 0.0599. The van der Waals surface area contributed by atoms with E-state index in [0.29, 0.717) is 5.56 Å². The smallest absolute Gasteiger partial charge is 0.335 e. The van der Waals surface area contributed by atoms with Crippen molar-refractivity contribution in [3.63, 3.8) is 0 Å². The van der Waals surface area contributed by atoms with E-state index >= 15 is 0 Å². The number of carbonyl (C=O) groups is 1. The van der Waals surface area contributed by atoms with Crippen LogP contribution >= 0.6 is 15.9 Å². The first-order chi connectivity index (χ1) is 9.15. The van der Waals surface area contributed by atoms with Crippen LogP contribution in [0.25, 0.3) is 0 Å². The molecule has 0 aromatic heterocycles. The van der Waals surface area contributed by atoms with Gasteiger partial charge in [0, 0.05) is 4.47 Å². The van der Waals surface area contributed by atoms with Crippen LogP contribution in [-0.4, -0.2) is 11.1 Å². The van der Waals surface area contributed by atoms with E-state index in [4.69, 9.17) is 9.84 Å². The summed E-state index contributed by atoms with van der Waals surface area (Å²) >= 11 is 3.47. The van der Waals surface area contributed by atoms with Crippen LogP contribution in [0.2, 0.25) is 0 Å². The quantitative estimate of drug-likeness (QED) is 0.873. The lowest BCUT2D eigenvalue weighted by molar-refractivity contribution is 0.0696. The number of carboxylic acid groups (broad SMARTS) is 1. The number of hydrogen-bond acceptors (Lipinski definition) is 2. The van der Waals surface area contributed by atoms with Gasteiger partial charge in [0.25, 0.3) is 0 Å². The number of ether oxygens (including phenoxy) is 1. The highest BCUT2D eigenvalue weighted by Crippen LogP contribution is 2.54. The van der Waals surface area contributed by atoms with Crippen molar-refractivity contribution in [1.29, 1.82) is 0 Å². The van der Waals surface area contributed by atoms with Crippen molar-refractivity contribution >= 4 is 21.9 Å². The van der Waals surface area contributed by atoms with Crippen molar-refractivity contribution in [3.05, 3.63) is 68.7 Å². The molecule has 2 bridgehead atoms. The summed E-state index contributed by atoms with van der Waals surface area (Å²) in [5, 5.41) is 9.07. The Morgan fingerprint density at radius 1 is 1.00 bits per heavy atom. The molecule has 0 unspecified atom stereocenters. The average molecular weight is 317 g/mol. The van der Waals surface area contributed by atoms with Crippen LogP contribution in [-0.2, 0) is 4.74 Å². The first-order valence-corrected chi connectivity index (χ1v) is 6.76. The molecule has 2 aromatic rings. The largest absolute Gasteiger partial charge is 0.478 e. The molecule has 0 amide bonds. The van der Waals surface area contributed by atoms with Gasteiger partial charge in [-0.15, -0.1) is 0 Å². The fraction of sp³-hybridized carbons (Fsp3) is 0.133. The summed E-state index contributed by atoms with van der Waals surface area (Å²) in [4.78, 5) is 11.1. The Bertz CT molecular complexity index is 723. The van der Waals surface area contributed by atoms with Crippen molar-refractivity contribution in [1.82, 2.24) is 0 Å². The van der Waals surface area contributed by atoms with Gasteiger partial charge in [0.05, 0.1) is 5.56 Å². The Labute approximate surface area is 118 Å². The van der Waals surface area contributed by atoms with E-state index < -0.39 is 5.97 Å². The molecule has 0 spiro atoms. The second-order valence-corrected chi connectivity index (χ2v) is 5.73. The molecule has 0 saturated carbocycles. The second-order valence-electron chi connectivity index (χ2n) is 4.82. The van der Waals surface area contributed by atoms with Gasteiger partial charge in [0.15, 0.2) is 0 Å². The molecule has 0 fully saturated rings. The highest BCUT2D eigenvalue weighted by atomic mass is 79.9. The normalized spacial score (nSPS) is 22.2. The van der Waals surface area contributed by atoms with E-state index in [1.54, 1.807) is 12.1 Å². The number of benzene rings is 2. The van der Waals surface area contributed by atoms with Crippen molar-refractivity contribution < 1.29 is 14.6 Å². The third-order valence-electron chi connectivity index (χ3n) is 3.78. The zero-order chi connectivity index (χ0) is 13.1. The van der Waals surface area contributed by atoms with Gasteiger partial charge < -0.3 is 9.84 Å². The molecule has 2 aliphatic rings. The van der Waals surface area contributed by atoms with Gasteiger partial charge in [0.1, 0.15) is 12.2 Å². The predicted molar refractivity (Wildman–Crippen MR) is 72.3 cm³/mol. The molecule has 2 aliphatic heterocycles. The number of fused-ring (bicyclic) bond motifs is 8. The summed E-state index contributed by atoms with van der Waals surface area (Å²) in [5.74, 6) is -0.901. The Kier molecular flexibility index (Phi) is 2.17. The van der Waals surface area contributed by atoms with Crippen molar-refractivity contribution in [2.24, 2.45) is 0 Å². The first-order valence-electron chi connectivity index (χ1n) is 5.97. The summed E-state index contributed by atoms with van der Waals surface area (Å²) in [6, 6.07) is 11.3. The molecule has 4 heteroatoms. The summed E-state index contributed by atoms with van der Waals surface area (Å²) in [6.45, 7) is 0. The highest BCUT2D eigenvalue weighted by Gasteiger charge is 2.42. The number of rotatable bonds is 1. The van der Waals surface area contributed by atoms with Crippen molar-refractivity contribution in [2.45, 2.75) is 12.2 Å². The van der Waals surface area contributed by atoms with Gasteiger partial charge in [-0.05, 0) is 46.5 Å². The van der Waals surface area contributed by atoms with Gasteiger partial charge in [0.2, 0.25) is 0 Å². The Morgan fingerprint density at radius 3 is 2.32 bits per heavy atom. The van der Waals surface area contributed by atoms with Gasteiger partial charge in [-0.25, -0.2) is 4.79 Å². The van der Waals surface area contributed by atoms with Gasteiger partial charge in [-0.1, -0.05) is 28.1 Å². The minimum Gasteiger partial charge on any atom is -0.478 e. The first kappa shape index (κ1) is 11.2. The third-order valence-corrected chi connectivity index (χ3v) is 4.28. The zero-order valence-corrected chi connectivity index (χ0v) is 11.3. The van der Waals surface area contributed by atoms with Crippen molar-refractivity contribution in [2.75, 3.05) is 0 Å². The van der Waals surface area contributed by atoms with Crippen molar-refractivity contribution in [3.8, 4) is 0 Å². The maximum atomic E-state index is 11.1. The van der Waals surface area contributed by atoms with E-state index in [2.05, 4.69) is 22.0 Å². The van der Waals surface area contributed by atoms with Crippen LogP contribution < -0.4 is 0 Å². The van der Waals surface area contributed by atoms with E-state index in [1.165, 1.54) is 5.56 Å². The zero-order valence-electron chi connectivity index (χ0n) is 9.76. The van der Waals surface area contributed by atoms with E-state index in [0.717, 1.165) is 21.2 Å². The van der Waals surface area contributed by atoms with E-state index in [-0.39, 0.29) is 12.2 Å². The van der Waals surface area contributed by atoms with Crippen LogP contribution in [0.3, 0.4) is 0 Å². The Balaban J connectivity index is 1.90. The lowest BCUT2D eigenvalue weighted by atomic mass is 9.85. The summed E-state index contributed by atoms with van der Waals surface area (Å²) < 4.78 is 7.02. The molecule has 2 atom stereocenters. The fourth-order valence-corrected chi connectivity index (χ4v) is 3.33. The molecule has 0 saturated heterocycles. The molecule has 4 rings (SSSR count). The van der Waals surface area contributed by atoms with Crippen LogP contribution in [0, 0.1) is 0 Å². The van der Waals surface area contributed by atoms with E-state index in [1.807, 2.05) is 18.2 Å². The molecule has 3 nitrogen and oxygen atoms in total. The number of halogens is 1. The molecular weight excluding hydrogens is 308 g/mol. The van der Waals surface area contributed by atoms with Gasteiger partial charge in [-0.3, -0.25) is 0 Å². The van der Waals surface area contributed by atoms with Crippen LogP contribution in [0.4, 0.5) is 0 Å². The monoisotopic (exact) mass is 316 g/mol. The topological polar surface area (TPSA) is 46.5 Å². The third kappa shape index (κ3) is 1.44. The predicted octanol–water partition coefficient (Wildman–Crippen LogP) is 3.67. The van der Waals surface area contributed by atoms with E-state index in [9.17, 15) is 4.79 Å². The lowest BCUT2D eigenvalue weighted by Crippen LogP contribution is -2.05. The maximum absolute atomic E-state index is 11.1. The SMILES string of the molecule is O=C(O)c1ccc2c(c1)[C@H]1O[C@@H]2c2cc(Br)ccc21. The molecule has 0 radical (unpaired) electrons. The van der Waals surface area contributed by atoms with Crippen LogP contribution in [0.5, 0.6) is 0 Å². The molecule has 19 heavy (non-hydrogen) atoms. The standard InChI is InChI=1S/C15H9BrO3/c16-8-2-4-10-12(6-8)14-9-3-1-7(15(17)18)5-11(9)13(10)19-14/h1-6,13-14H,(H,17,18)/t13-,14-/m0/s1. The molecular formula is C15H9BrO3. The highest BCUT2D eigenvalue weighted by molar-refractivity contribution is 9.10. The maximum Gasteiger partial charge on any atom is 0.335 e. The average Bonchev–Trinajstić information content (AvgIpc) is 2.94. The van der Waals surface area contributed by atoms with Gasteiger partial charge >= 0.3 is 5.97 Å². The van der Waals surface area contributed by atoms with Crippen LogP contribution in [0.1, 0.15) is 44.8 Å². The second kappa shape index (κ2) is 3.68. The fourth-order valence-electron chi connectivity index (χ4n) is 2.95. The molecule has 2 aromatic carbocycles. The van der Waals surface area contributed by atoms with Crippen LogP contribution in [0.15, 0.2) is 40.9 Å². The number of aromatic carboxylic acids is 1. The Hall–Kier alpha value is -1.65. The minimum atomic E-state index is -0.901. The molecule has 94 valence electrons. The number of carboxylic acids is 1. The molecule has 0 aliphatic carbocycles. The lowest BCUT2D eigenvalue weighted by Gasteiger charge is -2.16. The van der Waals surface area contributed by atoms with Gasteiger partial charge in [-0.2, -0.15) is 0 Å². The molecule has 2 heterocycles. The summed E-state index contributed by atoms with van der Waals surface area (Å²) in [7, 11) is 0. The number of hydrogen-bond donors (Lipinski definition) is 1. The summed E-state index contributed by atoms with van der Waals surface area (Å²) in [6.07, 6.45) is -0.183.